The lowest BCUT2D eigenvalue weighted by atomic mass is 10.1. The van der Waals surface area contributed by atoms with Gasteiger partial charge in [0.2, 0.25) is 0 Å². The van der Waals surface area contributed by atoms with Gasteiger partial charge < -0.3 is 0 Å². The molecule has 1 rings (SSSR count). The zero-order valence-electron chi connectivity index (χ0n) is 9.85. The second kappa shape index (κ2) is 6.16. The summed E-state index contributed by atoms with van der Waals surface area (Å²) >= 11 is 4.35. The molecule has 0 saturated heterocycles. The van der Waals surface area contributed by atoms with Gasteiger partial charge in [0.1, 0.15) is 0 Å². The molecule has 0 aromatic carbocycles. The number of aromatic nitrogens is 3. The van der Waals surface area contributed by atoms with Crippen LogP contribution in [0.2, 0.25) is 0 Å². The fourth-order valence-corrected chi connectivity index (χ4v) is 1.69. The van der Waals surface area contributed by atoms with Crippen LogP contribution >= 0.6 is 12.6 Å². The summed E-state index contributed by atoms with van der Waals surface area (Å²) in [7, 11) is 0. The number of aryl methyl sites for hydroxylation is 1. The molecule has 0 aliphatic heterocycles. The third kappa shape index (κ3) is 5.21. The van der Waals surface area contributed by atoms with Gasteiger partial charge in [0.25, 0.3) is 0 Å². The molecule has 4 heteroatoms. The van der Waals surface area contributed by atoms with E-state index in [1.54, 1.807) is 0 Å². The molecule has 1 unspecified atom stereocenters. The van der Waals surface area contributed by atoms with E-state index in [9.17, 15) is 0 Å². The van der Waals surface area contributed by atoms with E-state index in [4.69, 9.17) is 0 Å². The minimum absolute atomic E-state index is 0.476. The van der Waals surface area contributed by atoms with Crippen molar-refractivity contribution in [2.24, 2.45) is 5.92 Å². The van der Waals surface area contributed by atoms with Gasteiger partial charge in [-0.3, -0.25) is 4.68 Å². The molecule has 1 aromatic heterocycles. The van der Waals surface area contributed by atoms with E-state index in [1.165, 1.54) is 0 Å². The summed E-state index contributed by atoms with van der Waals surface area (Å²) in [5.41, 5.74) is 1.10. The maximum absolute atomic E-state index is 4.35. The monoisotopic (exact) mass is 227 g/mol. The van der Waals surface area contributed by atoms with Gasteiger partial charge in [-0.1, -0.05) is 26.0 Å². The maximum Gasteiger partial charge on any atom is 0.0829 e. The molecule has 1 aromatic rings. The van der Waals surface area contributed by atoms with Crippen molar-refractivity contribution < 1.29 is 0 Å². The first-order chi connectivity index (χ1) is 7.08. The maximum atomic E-state index is 4.35. The number of rotatable bonds is 6. The largest absolute Gasteiger partial charge is 0.252 e. The molecule has 0 bridgehead atoms. The molecule has 0 N–H and O–H groups in total. The molecule has 3 nitrogen and oxygen atoms in total. The Morgan fingerprint density at radius 2 is 2.13 bits per heavy atom. The van der Waals surface area contributed by atoms with Crippen molar-refractivity contribution >= 4 is 12.6 Å². The van der Waals surface area contributed by atoms with Crippen LogP contribution in [0.1, 0.15) is 39.3 Å². The zero-order valence-corrected chi connectivity index (χ0v) is 10.7. The number of thiol groups is 1. The highest BCUT2D eigenvalue weighted by molar-refractivity contribution is 7.80. The average Bonchev–Trinajstić information content (AvgIpc) is 2.50. The summed E-state index contributed by atoms with van der Waals surface area (Å²) in [5, 5.41) is 8.73. The second-order valence-corrected chi connectivity index (χ2v) is 5.44. The summed E-state index contributed by atoms with van der Waals surface area (Å²) in [6.45, 7) is 7.47. The van der Waals surface area contributed by atoms with Crippen LogP contribution in [0.15, 0.2) is 6.20 Å². The van der Waals surface area contributed by atoms with Crippen molar-refractivity contribution in [1.82, 2.24) is 15.0 Å². The first-order valence-corrected chi connectivity index (χ1v) is 6.16. The predicted molar refractivity (Wildman–Crippen MR) is 66.2 cm³/mol. The van der Waals surface area contributed by atoms with Crippen LogP contribution in [0.3, 0.4) is 0 Å². The van der Waals surface area contributed by atoms with Crippen molar-refractivity contribution in [3.8, 4) is 0 Å². The van der Waals surface area contributed by atoms with E-state index in [0.29, 0.717) is 11.2 Å². The van der Waals surface area contributed by atoms with Crippen LogP contribution in [0.4, 0.5) is 0 Å². The Hall–Kier alpha value is -0.510. The fraction of sp³-hybridized carbons (Fsp3) is 0.818. The smallest absolute Gasteiger partial charge is 0.0829 e. The Bertz CT molecular complexity index is 281. The first-order valence-electron chi connectivity index (χ1n) is 5.65. The normalized spacial score (nSPS) is 13.4. The predicted octanol–water partition coefficient (Wildman–Crippen LogP) is 2.58. The Morgan fingerprint density at radius 3 is 2.73 bits per heavy atom. The molecule has 0 spiro atoms. The van der Waals surface area contributed by atoms with Gasteiger partial charge in [-0.25, -0.2) is 0 Å². The molecular formula is C11H21N3S. The van der Waals surface area contributed by atoms with Gasteiger partial charge in [0.15, 0.2) is 0 Å². The topological polar surface area (TPSA) is 30.7 Å². The molecule has 0 radical (unpaired) electrons. The van der Waals surface area contributed by atoms with Crippen LogP contribution < -0.4 is 0 Å². The zero-order chi connectivity index (χ0) is 11.3. The highest BCUT2D eigenvalue weighted by Gasteiger charge is 2.03. The van der Waals surface area contributed by atoms with Gasteiger partial charge in [-0.2, -0.15) is 12.6 Å². The summed E-state index contributed by atoms with van der Waals surface area (Å²) in [4.78, 5) is 0. The SMILES string of the molecule is CC(C)Cc1cn(CCCC(C)S)nn1. The molecular weight excluding hydrogens is 206 g/mol. The van der Waals surface area contributed by atoms with E-state index in [0.717, 1.165) is 31.5 Å². The highest BCUT2D eigenvalue weighted by atomic mass is 32.1. The van der Waals surface area contributed by atoms with Crippen LogP contribution in [0, 0.1) is 5.92 Å². The van der Waals surface area contributed by atoms with Gasteiger partial charge in [0.05, 0.1) is 5.69 Å². The van der Waals surface area contributed by atoms with E-state index in [2.05, 4.69) is 49.9 Å². The minimum Gasteiger partial charge on any atom is -0.252 e. The third-order valence-electron chi connectivity index (χ3n) is 2.21. The van der Waals surface area contributed by atoms with Gasteiger partial charge in [-0.05, 0) is 30.4 Å². The third-order valence-corrected chi connectivity index (χ3v) is 2.47. The number of hydrogen-bond acceptors (Lipinski definition) is 3. The highest BCUT2D eigenvalue weighted by Crippen LogP contribution is 2.06. The van der Waals surface area contributed by atoms with Crippen molar-refractivity contribution in [3.63, 3.8) is 0 Å². The van der Waals surface area contributed by atoms with E-state index >= 15 is 0 Å². The molecule has 15 heavy (non-hydrogen) atoms. The standard InChI is InChI=1S/C11H21N3S/c1-9(2)7-11-8-14(13-12-11)6-4-5-10(3)15/h8-10,15H,4-7H2,1-3H3. The molecule has 0 amide bonds. The Kier molecular flexibility index (Phi) is 5.15. The van der Waals surface area contributed by atoms with E-state index in [-0.39, 0.29) is 0 Å². The summed E-state index contributed by atoms with van der Waals surface area (Å²) < 4.78 is 1.94. The van der Waals surface area contributed by atoms with Crippen molar-refractivity contribution in [2.75, 3.05) is 0 Å². The fourth-order valence-electron chi connectivity index (χ4n) is 1.51. The molecule has 0 aliphatic carbocycles. The molecule has 0 aliphatic rings. The number of nitrogens with zero attached hydrogens (tertiary/aromatic N) is 3. The Morgan fingerprint density at radius 1 is 1.40 bits per heavy atom. The Labute approximate surface area is 97.7 Å². The molecule has 86 valence electrons. The Balaban J connectivity index is 2.33. The second-order valence-electron chi connectivity index (χ2n) is 4.56. The quantitative estimate of drug-likeness (QED) is 0.757. The van der Waals surface area contributed by atoms with E-state index < -0.39 is 0 Å². The summed E-state index contributed by atoms with van der Waals surface area (Å²) in [5.74, 6) is 0.646. The summed E-state index contributed by atoms with van der Waals surface area (Å²) in [6.07, 6.45) is 5.32. The van der Waals surface area contributed by atoms with Crippen molar-refractivity contribution in [2.45, 2.75) is 51.8 Å². The average molecular weight is 227 g/mol. The molecule has 0 saturated carbocycles. The molecule has 0 fully saturated rings. The van der Waals surface area contributed by atoms with Crippen LogP contribution in [-0.4, -0.2) is 20.2 Å². The van der Waals surface area contributed by atoms with Crippen molar-refractivity contribution in [3.05, 3.63) is 11.9 Å². The van der Waals surface area contributed by atoms with Gasteiger partial charge >= 0.3 is 0 Å². The lowest BCUT2D eigenvalue weighted by Crippen LogP contribution is -2.01. The van der Waals surface area contributed by atoms with Gasteiger partial charge in [-0.15, -0.1) is 5.10 Å². The molecule has 1 heterocycles. The summed E-state index contributed by atoms with van der Waals surface area (Å²) in [6, 6.07) is 0. The number of hydrogen-bond donors (Lipinski definition) is 1. The van der Waals surface area contributed by atoms with Crippen LogP contribution in [0.25, 0.3) is 0 Å². The molecule has 1 atom stereocenters. The van der Waals surface area contributed by atoms with Crippen LogP contribution in [0.5, 0.6) is 0 Å². The minimum atomic E-state index is 0.476. The van der Waals surface area contributed by atoms with Gasteiger partial charge in [0, 0.05) is 12.7 Å². The lowest BCUT2D eigenvalue weighted by Gasteiger charge is -2.02. The van der Waals surface area contributed by atoms with Crippen molar-refractivity contribution in [1.29, 1.82) is 0 Å². The van der Waals surface area contributed by atoms with E-state index in [1.807, 2.05) is 4.68 Å². The first kappa shape index (κ1) is 12.6. The van der Waals surface area contributed by atoms with Crippen LogP contribution in [-0.2, 0) is 13.0 Å². The lowest BCUT2D eigenvalue weighted by molar-refractivity contribution is 0.541.